The SMILES string of the molecule is COCCN(C)S(=O)(=O)c1ccc(S(N)(=O)=O)cc1F. The summed E-state index contributed by atoms with van der Waals surface area (Å²) in [5.41, 5.74) is 0. The molecular weight excluding hydrogens is 311 g/mol. The Balaban J connectivity index is 3.21. The van der Waals surface area contributed by atoms with Gasteiger partial charge in [-0.2, -0.15) is 4.31 Å². The second-order valence-corrected chi connectivity index (χ2v) is 7.53. The topological polar surface area (TPSA) is 107 Å². The molecule has 1 aromatic rings. The van der Waals surface area contributed by atoms with Crippen LogP contribution < -0.4 is 5.14 Å². The van der Waals surface area contributed by atoms with Crippen molar-refractivity contribution < 1.29 is 26.0 Å². The number of benzene rings is 1. The molecule has 0 fully saturated rings. The van der Waals surface area contributed by atoms with Gasteiger partial charge in [-0.05, 0) is 18.2 Å². The van der Waals surface area contributed by atoms with E-state index in [0.29, 0.717) is 6.07 Å². The third kappa shape index (κ3) is 3.73. The number of methoxy groups -OCH3 is 1. The zero-order valence-electron chi connectivity index (χ0n) is 10.9. The van der Waals surface area contributed by atoms with Crippen molar-refractivity contribution in [3.05, 3.63) is 24.0 Å². The van der Waals surface area contributed by atoms with Crippen molar-refractivity contribution in [3.63, 3.8) is 0 Å². The maximum atomic E-state index is 13.8. The van der Waals surface area contributed by atoms with Gasteiger partial charge in [0.2, 0.25) is 20.0 Å². The summed E-state index contributed by atoms with van der Waals surface area (Å²) < 4.78 is 65.7. The highest BCUT2D eigenvalue weighted by Crippen LogP contribution is 2.21. The molecule has 0 unspecified atom stereocenters. The van der Waals surface area contributed by atoms with E-state index in [4.69, 9.17) is 9.88 Å². The first-order valence-electron chi connectivity index (χ1n) is 5.38. The van der Waals surface area contributed by atoms with E-state index < -0.39 is 35.7 Å². The molecule has 0 saturated carbocycles. The Morgan fingerprint density at radius 2 is 1.90 bits per heavy atom. The predicted octanol–water partition coefficient (Wildman–Crippen LogP) is -0.260. The van der Waals surface area contributed by atoms with E-state index >= 15 is 0 Å². The molecule has 0 radical (unpaired) electrons. The molecule has 0 aliphatic heterocycles. The first-order valence-corrected chi connectivity index (χ1v) is 8.37. The van der Waals surface area contributed by atoms with Crippen LogP contribution >= 0.6 is 0 Å². The number of nitrogens with zero attached hydrogens (tertiary/aromatic N) is 1. The van der Waals surface area contributed by atoms with Gasteiger partial charge in [-0.15, -0.1) is 0 Å². The molecule has 1 rings (SSSR count). The van der Waals surface area contributed by atoms with Gasteiger partial charge in [0, 0.05) is 20.7 Å². The van der Waals surface area contributed by atoms with Gasteiger partial charge in [0.25, 0.3) is 0 Å². The molecule has 0 aliphatic rings. The molecule has 0 aliphatic carbocycles. The van der Waals surface area contributed by atoms with Crippen LogP contribution in [-0.4, -0.2) is 48.4 Å². The minimum Gasteiger partial charge on any atom is -0.383 e. The van der Waals surface area contributed by atoms with Crippen LogP contribution in [0.1, 0.15) is 0 Å². The van der Waals surface area contributed by atoms with Crippen molar-refractivity contribution in [1.29, 1.82) is 0 Å². The fourth-order valence-electron chi connectivity index (χ4n) is 1.38. The number of hydrogen-bond acceptors (Lipinski definition) is 5. The van der Waals surface area contributed by atoms with Crippen molar-refractivity contribution in [3.8, 4) is 0 Å². The third-order valence-electron chi connectivity index (χ3n) is 2.53. The molecule has 0 heterocycles. The van der Waals surface area contributed by atoms with Gasteiger partial charge in [0.05, 0.1) is 11.5 Å². The lowest BCUT2D eigenvalue weighted by molar-refractivity contribution is 0.185. The Morgan fingerprint density at radius 3 is 2.35 bits per heavy atom. The second-order valence-electron chi connectivity index (χ2n) is 3.96. The third-order valence-corrected chi connectivity index (χ3v) is 5.33. The minimum absolute atomic E-state index is 0.0369. The summed E-state index contributed by atoms with van der Waals surface area (Å²) >= 11 is 0. The molecule has 7 nitrogen and oxygen atoms in total. The number of rotatable bonds is 6. The molecular formula is C10H15FN2O5S2. The summed E-state index contributed by atoms with van der Waals surface area (Å²) in [6.45, 7) is 0.182. The van der Waals surface area contributed by atoms with Crippen molar-refractivity contribution in [1.82, 2.24) is 4.31 Å². The Labute approximate surface area is 117 Å². The average molecular weight is 326 g/mol. The summed E-state index contributed by atoms with van der Waals surface area (Å²) in [7, 11) is -5.48. The number of nitrogens with two attached hydrogens (primary N) is 1. The van der Waals surface area contributed by atoms with Gasteiger partial charge in [-0.3, -0.25) is 0 Å². The number of primary sulfonamides is 1. The Hall–Kier alpha value is -1.07. The van der Waals surface area contributed by atoms with Gasteiger partial charge in [-0.1, -0.05) is 0 Å². The number of likely N-dealkylation sites (N-methyl/N-ethyl adjacent to an activating group) is 1. The highest BCUT2D eigenvalue weighted by atomic mass is 32.2. The van der Waals surface area contributed by atoms with Crippen molar-refractivity contribution in [2.75, 3.05) is 27.3 Å². The van der Waals surface area contributed by atoms with Gasteiger partial charge in [0.15, 0.2) is 0 Å². The smallest absolute Gasteiger partial charge is 0.245 e. The van der Waals surface area contributed by atoms with Crippen LogP contribution in [0.2, 0.25) is 0 Å². The van der Waals surface area contributed by atoms with E-state index in [9.17, 15) is 21.2 Å². The van der Waals surface area contributed by atoms with Crippen LogP contribution in [0.15, 0.2) is 28.0 Å². The van der Waals surface area contributed by atoms with Crippen molar-refractivity contribution >= 4 is 20.0 Å². The maximum Gasteiger partial charge on any atom is 0.245 e. The highest BCUT2D eigenvalue weighted by molar-refractivity contribution is 7.89. The Bertz CT molecular complexity index is 688. The van der Waals surface area contributed by atoms with Crippen LogP contribution in [0.25, 0.3) is 0 Å². The average Bonchev–Trinajstić information content (AvgIpc) is 2.34. The number of sulfonamides is 2. The van der Waals surface area contributed by atoms with Gasteiger partial charge >= 0.3 is 0 Å². The van der Waals surface area contributed by atoms with Crippen LogP contribution in [0.3, 0.4) is 0 Å². The largest absolute Gasteiger partial charge is 0.383 e. The molecule has 20 heavy (non-hydrogen) atoms. The molecule has 0 amide bonds. The summed E-state index contributed by atoms with van der Waals surface area (Å²) in [5.74, 6) is -1.18. The van der Waals surface area contributed by atoms with Crippen LogP contribution in [0.4, 0.5) is 4.39 Å². The van der Waals surface area contributed by atoms with Crippen molar-refractivity contribution in [2.45, 2.75) is 9.79 Å². The summed E-state index contributed by atoms with van der Waals surface area (Å²) in [6.07, 6.45) is 0. The molecule has 10 heteroatoms. The van der Waals surface area contributed by atoms with Crippen molar-refractivity contribution in [2.24, 2.45) is 5.14 Å². The molecule has 2 N–H and O–H groups in total. The number of halogens is 1. The quantitative estimate of drug-likeness (QED) is 0.775. The summed E-state index contributed by atoms with van der Waals surface area (Å²) in [4.78, 5) is -1.11. The Kier molecular flexibility index (Phi) is 5.21. The van der Waals surface area contributed by atoms with Crippen LogP contribution in [0.5, 0.6) is 0 Å². The molecule has 0 bridgehead atoms. The fraction of sp³-hybridized carbons (Fsp3) is 0.400. The lowest BCUT2D eigenvalue weighted by Gasteiger charge is -2.17. The monoisotopic (exact) mass is 326 g/mol. The minimum atomic E-state index is -4.09. The lowest BCUT2D eigenvalue weighted by atomic mass is 10.3. The second kappa shape index (κ2) is 6.14. The zero-order valence-corrected chi connectivity index (χ0v) is 12.5. The van der Waals surface area contributed by atoms with E-state index in [1.165, 1.54) is 14.2 Å². The molecule has 1 aromatic carbocycles. The molecule has 0 aromatic heterocycles. The first-order chi connectivity index (χ1) is 9.10. The van der Waals surface area contributed by atoms with E-state index in [-0.39, 0.29) is 13.2 Å². The molecule has 114 valence electrons. The predicted molar refractivity (Wildman–Crippen MR) is 69.5 cm³/mol. The first kappa shape index (κ1) is 17.0. The van der Waals surface area contributed by atoms with E-state index in [2.05, 4.69) is 0 Å². The van der Waals surface area contributed by atoms with E-state index in [0.717, 1.165) is 16.4 Å². The van der Waals surface area contributed by atoms with Gasteiger partial charge in [-0.25, -0.2) is 26.4 Å². The highest BCUT2D eigenvalue weighted by Gasteiger charge is 2.25. The molecule has 0 spiro atoms. The summed E-state index contributed by atoms with van der Waals surface area (Å²) in [6, 6.07) is 2.38. The van der Waals surface area contributed by atoms with E-state index in [1.54, 1.807) is 0 Å². The fourth-order valence-corrected chi connectivity index (χ4v) is 3.10. The van der Waals surface area contributed by atoms with Crippen LogP contribution in [0, 0.1) is 5.82 Å². The van der Waals surface area contributed by atoms with Crippen LogP contribution in [-0.2, 0) is 24.8 Å². The molecule has 0 atom stereocenters. The van der Waals surface area contributed by atoms with E-state index in [1.807, 2.05) is 0 Å². The van der Waals surface area contributed by atoms with Gasteiger partial charge in [0.1, 0.15) is 10.7 Å². The lowest BCUT2D eigenvalue weighted by Crippen LogP contribution is -2.30. The summed E-state index contributed by atoms with van der Waals surface area (Å²) in [5, 5.41) is 4.84. The molecule has 0 saturated heterocycles. The standard InChI is InChI=1S/C10H15FN2O5S2/c1-13(5-6-18-2)20(16,17)10-4-3-8(7-9(10)11)19(12,14)15/h3-4,7H,5-6H2,1-2H3,(H2,12,14,15). The zero-order chi connectivity index (χ0) is 15.6. The normalized spacial score (nSPS) is 12.8. The number of ether oxygens (including phenoxy) is 1. The van der Waals surface area contributed by atoms with Gasteiger partial charge < -0.3 is 4.74 Å². The maximum absolute atomic E-state index is 13.8. The number of hydrogen-bond donors (Lipinski definition) is 1. The Morgan fingerprint density at radius 1 is 1.30 bits per heavy atom.